The second-order valence-corrected chi connectivity index (χ2v) is 8.59. The highest BCUT2D eigenvalue weighted by Crippen LogP contribution is 2.37. The molecule has 106 valence electrons. The van der Waals surface area contributed by atoms with Gasteiger partial charge in [-0.15, -0.1) is 0 Å². The first-order chi connectivity index (χ1) is 9.88. The van der Waals surface area contributed by atoms with Gasteiger partial charge in [-0.3, -0.25) is 0 Å². The zero-order valence-electron chi connectivity index (χ0n) is 11.5. The Morgan fingerprint density at radius 2 is 1.60 bits per heavy atom. The van der Waals surface area contributed by atoms with Crippen LogP contribution < -0.4 is 4.74 Å². The van der Waals surface area contributed by atoms with Crippen LogP contribution in [0.4, 0.5) is 0 Å². The molecule has 2 aromatic rings. The molecule has 20 heavy (non-hydrogen) atoms. The van der Waals surface area contributed by atoms with Crippen LogP contribution in [0.2, 0.25) is 0 Å². The lowest BCUT2D eigenvalue weighted by Crippen LogP contribution is -1.85. The topological polar surface area (TPSA) is 9.23 Å². The molecule has 0 atom stereocenters. The van der Waals surface area contributed by atoms with Crippen molar-refractivity contribution in [3.05, 3.63) is 65.7 Å². The monoisotopic (exact) mass is 322 g/mol. The van der Waals surface area contributed by atoms with E-state index in [9.17, 15) is 0 Å². The van der Waals surface area contributed by atoms with Crippen molar-refractivity contribution in [3.63, 3.8) is 0 Å². The van der Waals surface area contributed by atoms with E-state index in [2.05, 4.69) is 42.5 Å². The van der Waals surface area contributed by atoms with E-state index in [1.807, 2.05) is 43.5 Å². The average Bonchev–Trinajstić information content (AvgIpc) is 2.52. The zero-order chi connectivity index (χ0) is 14.0. The lowest BCUT2D eigenvalue weighted by atomic mass is 10.2. The first kappa shape index (κ1) is 15.7. The van der Waals surface area contributed by atoms with Crippen LogP contribution in [0.25, 0.3) is 0 Å². The summed E-state index contributed by atoms with van der Waals surface area (Å²) in [6.07, 6.45) is 1.14. The molecule has 0 amide bonds. The van der Waals surface area contributed by atoms with Gasteiger partial charge in [0.2, 0.25) is 0 Å². The van der Waals surface area contributed by atoms with Gasteiger partial charge in [0.15, 0.2) is 0 Å². The van der Waals surface area contributed by atoms with E-state index in [1.165, 1.54) is 11.1 Å². The Bertz CT molecular complexity index is 485. The maximum atomic E-state index is 5.15. The van der Waals surface area contributed by atoms with Gasteiger partial charge < -0.3 is 4.74 Å². The second-order valence-electron chi connectivity index (χ2n) is 4.24. The Balaban J connectivity index is 1.57. The van der Waals surface area contributed by atoms with Crippen LogP contribution in [0.5, 0.6) is 5.75 Å². The number of rotatable bonds is 8. The van der Waals surface area contributed by atoms with Crippen LogP contribution >= 0.6 is 31.4 Å². The molecule has 0 aliphatic carbocycles. The lowest BCUT2D eigenvalue weighted by molar-refractivity contribution is 0.414. The van der Waals surface area contributed by atoms with E-state index in [0.29, 0.717) is 0 Å². The third-order valence-corrected chi connectivity index (χ3v) is 6.98. The molecule has 0 aromatic heterocycles. The second kappa shape index (κ2) is 9.27. The Labute approximate surface area is 132 Å². The number of hydrogen-bond donors (Lipinski definition) is 0. The van der Waals surface area contributed by atoms with Crippen LogP contribution in [0.1, 0.15) is 11.1 Å². The molecule has 0 unspecified atom stereocenters. The van der Waals surface area contributed by atoms with Crippen LogP contribution in [0.15, 0.2) is 54.6 Å². The van der Waals surface area contributed by atoms with Gasteiger partial charge in [0.1, 0.15) is 5.75 Å². The summed E-state index contributed by atoms with van der Waals surface area (Å²) >= 11 is 0. The van der Waals surface area contributed by atoms with Crippen molar-refractivity contribution in [2.24, 2.45) is 0 Å². The highest BCUT2D eigenvalue weighted by molar-refractivity contribution is 9.09. The quantitative estimate of drug-likeness (QED) is 0.470. The molecule has 1 nitrogen and oxygen atoms in total. The smallest absolute Gasteiger partial charge is 0.118 e. The molecule has 2 rings (SSSR count). The molecule has 2 aromatic carbocycles. The van der Waals surface area contributed by atoms with E-state index >= 15 is 0 Å². The van der Waals surface area contributed by atoms with Gasteiger partial charge in [-0.05, 0) is 39.5 Å². The molecule has 0 spiro atoms. The fourth-order valence-corrected chi connectivity index (χ4v) is 5.39. The van der Waals surface area contributed by atoms with Crippen molar-refractivity contribution >= 4 is 31.4 Å². The summed E-state index contributed by atoms with van der Waals surface area (Å²) in [5, 5.41) is 0. The molecule has 0 saturated heterocycles. The normalized spacial score (nSPS) is 10.4. The van der Waals surface area contributed by atoms with Crippen molar-refractivity contribution in [2.75, 3.05) is 12.9 Å². The number of ether oxygens (including phenoxy) is 1. The van der Waals surface area contributed by atoms with Gasteiger partial charge in [0.05, 0.1) is 7.11 Å². The first-order valence-corrected chi connectivity index (χ1v) is 10.3. The molecular weight excluding hydrogens is 304 g/mol. The van der Waals surface area contributed by atoms with Gasteiger partial charge in [-0.25, -0.2) is 0 Å². The van der Waals surface area contributed by atoms with Gasteiger partial charge >= 0.3 is 0 Å². The Hall–Kier alpha value is -0.710. The molecular formula is C16H18OS3. The summed E-state index contributed by atoms with van der Waals surface area (Å²) in [7, 11) is 7.40. The fourth-order valence-electron chi connectivity index (χ4n) is 1.69. The molecule has 0 bridgehead atoms. The van der Waals surface area contributed by atoms with Gasteiger partial charge in [0, 0.05) is 11.5 Å². The summed E-state index contributed by atoms with van der Waals surface area (Å²) in [6, 6.07) is 18.9. The van der Waals surface area contributed by atoms with Gasteiger partial charge in [0.25, 0.3) is 0 Å². The summed E-state index contributed by atoms with van der Waals surface area (Å²) in [4.78, 5) is 0. The predicted octanol–water partition coefficient (Wildman–Crippen LogP) is 5.47. The van der Waals surface area contributed by atoms with E-state index in [0.717, 1.165) is 23.7 Å². The Morgan fingerprint density at radius 1 is 0.850 bits per heavy atom. The standard InChI is InChI=1S/C16H18OS3/c1-17-16-9-7-15(8-10-16)13-19-20-18-12-11-14-5-3-2-4-6-14/h2-10H,11-13H2,1H3. The molecule has 0 aliphatic heterocycles. The molecule has 0 N–H and O–H groups in total. The summed E-state index contributed by atoms with van der Waals surface area (Å²) < 4.78 is 5.15. The minimum Gasteiger partial charge on any atom is -0.497 e. The van der Waals surface area contributed by atoms with Crippen molar-refractivity contribution in [3.8, 4) is 5.75 Å². The molecule has 0 radical (unpaired) electrons. The molecule has 4 heteroatoms. The lowest BCUT2D eigenvalue weighted by Gasteiger charge is -2.03. The largest absolute Gasteiger partial charge is 0.497 e. The zero-order valence-corrected chi connectivity index (χ0v) is 13.9. The summed E-state index contributed by atoms with van der Waals surface area (Å²) in [6.45, 7) is 0. The van der Waals surface area contributed by atoms with Crippen LogP contribution in [-0.4, -0.2) is 12.9 Å². The third kappa shape index (κ3) is 5.73. The fraction of sp³-hybridized carbons (Fsp3) is 0.250. The molecule has 0 fully saturated rings. The van der Waals surface area contributed by atoms with E-state index < -0.39 is 0 Å². The number of aryl methyl sites for hydroxylation is 1. The SMILES string of the molecule is COc1ccc(CSSSCCc2ccccc2)cc1. The maximum absolute atomic E-state index is 5.15. The predicted molar refractivity (Wildman–Crippen MR) is 94.5 cm³/mol. The molecule has 0 aliphatic rings. The van der Waals surface area contributed by atoms with Crippen LogP contribution in [-0.2, 0) is 12.2 Å². The summed E-state index contributed by atoms with van der Waals surface area (Å²) in [5.74, 6) is 3.11. The van der Waals surface area contributed by atoms with E-state index in [1.54, 1.807) is 7.11 Å². The van der Waals surface area contributed by atoms with Crippen molar-refractivity contribution < 1.29 is 4.74 Å². The Kier molecular flexibility index (Phi) is 7.26. The van der Waals surface area contributed by atoms with Crippen molar-refractivity contribution in [1.82, 2.24) is 0 Å². The van der Waals surface area contributed by atoms with Gasteiger partial charge in [-0.2, -0.15) is 0 Å². The third-order valence-electron chi connectivity index (χ3n) is 2.80. The molecule has 0 heterocycles. The summed E-state index contributed by atoms with van der Waals surface area (Å²) in [5.41, 5.74) is 2.76. The highest BCUT2D eigenvalue weighted by Gasteiger charge is 1.97. The minimum absolute atomic E-state index is 0.920. The van der Waals surface area contributed by atoms with E-state index in [-0.39, 0.29) is 0 Å². The van der Waals surface area contributed by atoms with Crippen LogP contribution in [0.3, 0.4) is 0 Å². The van der Waals surface area contributed by atoms with Crippen molar-refractivity contribution in [1.29, 1.82) is 0 Å². The van der Waals surface area contributed by atoms with Crippen molar-refractivity contribution in [2.45, 2.75) is 12.2 Å². The first-order valence-electron chi connectivity index (χ1n) is 6.46. The van der Waals surface area contributed by atoms with Crippen LogP contribution in [0, 0.1) is 0 Å². The van der Waals surface area contributed by atoms with Gasteiger partial charge in [-0.1, -0.05) is 64.1 Å². The number of benzene rings is 2. The molecule has 0 saturated carbocycles. The number of hydrogen-bond acceptors (Lipinski definition) is 4. The number of methoxy groups -OCH3 is 1. The van der Waals surface area contributed by atoms with E-state index in [4.69, 9.17) is 4.74 Å². The minimum atomic E-state index is 0.920. The highest BCUT2D eigenvalue weighted by atomic mass is 33.5. The Morgan fingerprint density at radius 3 is 2.30 bits per heavy atom. The average molecular weight is 323 g/mol. The maximum Gasteiger partial charge on any atom is 0.118 e.